The monoisotopic (exact) mass is 457 g/mol. The van der Waals surface area contributed by atoms with Crippen molar-refractivity contribution in [1.82, 2.24) is 0 Å². The predicted octanol–water partition coefficient (Wildman–Crippen LogP) is 4.43. The van der Waals surface area contributed by atoms with Crippen molar-refractivity contribution < 1.29 is 28.7 Å². The van der Waals surface area contributed by atoms with Crippen molar-refractivity contribution in [1.29, 1.82) is 0 Å². The summed E-state index contributed by atoms with van der Waals surface area (Å²) < 4.78 is 10.8. The van der Waals surface area contributed by atoms with Crippen molar-refractivity contribution in [3.8, 4) is 5.75 Å². The van der Waals surface area contributed by atoms with E-state index < -0.39 is 18.0 Å². The summed E-state index contributed by atoms with van der Waals surface area (Å²) in [5.41, 5.74) is 1.41. The second-order valence-electron chi connectivity index (χ2n) is 8.16. The SMILES string of the molecule is CC(C)Oc1ccc(C(=O)O[C@@H](C)C(=O)Nc2cccc3c2C(=O)c2ccccc2C3=O)cc1. The molecule has 0 saturated heterocycles. The highest BCUT2D eigenvalue weighted by Crippen LogP contribution is 2.32. The minimum absolute atomic E-state index is 0.000839. The highest BCUT2D eigenvalue weighted by Gasteiger charge is 2.32. The number of anilines is 1. The van der Waals surface area contributed by atoms with Gasteiger partial charge in [-0.1, -0.05) is 36.4 Å². The van der Waals surface area contributed by atoms with E-state index in [4.69, 9.17) is 9.47 Å². The molecule has 1 aliphatic rings. The van der Waals surface area contributed by atoms with Crippen LogP contribution in [-0.2, 0) is 9.53 Å². The molecule has 7 heteroatoms. The van der Waals surface area contributed by atoms with Crippen molar-refractivity contribution in [2.45, 2.75) is 33.0 Å². The molecule has 0 aliphatic heterocycles. The zero-order valence-corrected chi connectivity index (χ0v) is 19.0. The van der Waals surface area contributed by atoms with Crippen LogP contribution in [0.4, 0.5) is 5.69 Å². The molecule has 1 amide bonds. The molecule has 3 aromatic carbocycles. The lowest BCUT2D eigenvalue weighted by Gasteiger charge is -2.21. The Bertz CT molecular complexity index is 1290. The van der Waals surface area contributed by atoms with Gasteiger partial charge in [0.15, 0.2) is 17.7 Å². The number of esters is 1. The molecule has 0 bridgehead atoms. The summed E-state index contributed by atoms with van der Waals surface area (Å²) in [6.45, 7) is 5.23. The van der Waals surface area contributed by atoms with Crippen LogP contribution in [0.2, 0.25) is 0 Å². The Balaban J connectivity index is 1.49. The summed E-state index contributed by atoms with van der Waals surface area (Å²) >= 11 is 0. The second kappa shape index (κ2) is 9.31. The fourth-order valence-electron chi connectivity index (χ4n) is 3.71. The second-order valence-corrected chi connectivity index (χ2v) is 8.16. The number of amides is 1. The van der Waals surface area contributed by atoms with Gasteiger partial charge in [0, 0.05) is 16.7 Å². The molecule has 0 aromatic heterocycles. The van der Waals surface area contributed by atoms with Crippen molar-refractivity contribution in [3.63, 3.8) is 0 Å². The van der Waals surface area contributed by atoms with Gasteiger partial charge in [-0.05, 0) is 51.1 Å². The molecule has 7 nitrogen and oxygen atoms in total. The molecule has 0 radical (unpaired) electrons. The molecular weight excluding hydrogens is 434 g/mol. The van der Waals surface area contributed by atoms with Crippen molar-refractivity contribution in [2.24, 2.45) is 0 Å². The van der Waals surface area contributed by atoms with Crippen molar-refractivity contribution in [2.75, 3.05) is 5.32 Å². The van der Waals surface area contributed by atoms with Gasteiger partial charge in [-0.2, -0.15) is 0 Å². The van der Waals surface area contributed by atoms with Gasteiger partial charge in [-0.25, -0.2) is 4.79 Å². The Kier molecular flexibility index (Phi) is 6.27. The zero-order valence-electron chi connectivity index (χ0n) is 19.0. The zero-order chi connectivity index (χ0) is 24.4. The van der Waals surface area contributed by atoms with Crippen LogP contribution in [0.1, 0.15) is 63.0 Å². The number of benzene rings is 3. The van der Waals surface area contributed by atoms with E-state index in [1.807, 2.05) is 13.8 Å². The van der Waals surface area contributed by atoms with Crippen LogP contribution in [0.5, 0.6) is 5.75 Å². The summed E-state index contributed by atoms with van der Waals surface area (Å²) in [7, 11) is 0. The highest BCUT2D eigenvalue weighted by atomic mass is 16.5. The average molecular weight is 457 g/mol. The first-order valence-corrected chi connectivity index (χ1v) is 10.9. The lowest BCUT2D eigenvalue weighted by atomic mass is 9.83. The molecule has 172 valence electrons. The first kappa shape index (κ1) is 22.9. The van der Waals surface area contributed by atoms with Crippen LogP contribution < -0.4 is 10.1 Å². The summed E-state index contributed by atoms with van der Waals surface area (Å²) in [6, 6.07) is 17.7. The quantitative estimate of drug-likeness (QED) is 0.430. The minimum Gasteiger partial charge on any atom is -0.491 e. The normalized spacial score (nSPS) is 13.1. The lowest BCUT2D eigenvalue weighted by Crippen LogP contribution is -2.31. The van der Waals surface area contributed by atoms with Gasteiger partial charge in [0.2, 0.25) is 0 Å². The third-order valence-electron chi connectivity index (χ3n) is 5.33. The van der Waals surface area contributed by atoms with E-state index in [-0.39, 0.29) is 45.6 Å². The van der Waals surface area contributed by atoms with Gasteiger partial charge in [-0.15, -0.1) is 0 Å². The van der Waals surface area contributed by atoms with Crippen molar-refractivity contribution in [3.05, 3.63) is 94.5 Å². The molecule has 34 heavy (non-hydrogen) atoms. The Labute approximate surface area is 196 Å². The third-order valence-corrected chi connectivity index (χ3v) is 5.33. The van der Waals surface area contributed by atoms with Crippen LogP contribution in [0.3, 0.4) is 0 Å². The maximum absolute atomic E-state index is 13.1. The van der Waals surface area contributed by atoms with Crippen molar-refractivity contribution >= 4 is 29.1 Å². The van der Waals surface area contributed by atoms with Gasteiger partial charge in [-0.3, -0.25) is 14.4 Å². The molecule has 0 fully saturated rings. The number of hydrogen-bond acceptors (Lipinski definition) is 6. The summed E-state index contributed by atoms with van der Waals surface area (Å²) in [5.74, 6) is -1.32. The third kappa shape index (κ3) is 4.45. The largest absolute Gasteiger partial charge is 0.491 e. The van der Waals surface area contributed by atoms with Crippen LogP contribution in [0.15, 0.2) is 66.7 Å². The van der Waals surface area contributed by atoms with Gasteiger partial charge in [0.25, 0.3) is 5.91 Å². The molecule has 3 aromatic rings. The molecule has 0 unspecified atom stereocenters. The summed E-state index contributed by atoms with van der Waals surface area (Å²) in [6.07, 6.45) is -1.14. The number of carbonyl (C=O) groups is 4. The van der Waals surface area contributed by atoms with Crippen LogP contribution in [0, 0.1) is 0 Å². The van der Waals surface area contributed by atoms with E-state index in [1.165, 1.54) is 13.0 Å². The number of rotatable bonds is 6. The maximum Gasteiger partial charge on any atom is 0.338 e. The van der Waals surface area contributed by atoms with Gasteiger partial charge in [0.05, 0.1) is 22.9 Å². The van der Waals surface area contributed by atoms with Gasteiger partial charge in [0.1, 0.15) is 5.75 Å². The molecule has 0 heterocycles. The molecule has 0 spiro atoms. The number of ether oxygens (including phenoxy) is 2. The van der Waals surface area contributed by atoms with E-state index >= 15 is 0 Å². The molecule has 4 rings (SSSR count). The Morgan fingerprint density at radius 2 is 1.38 bits per heavy atom. The van der Waals surface area contributed by atoms with Crippen LogP contribution in [0.25, 0.3) is 0 Å². The maximum atomic E-state index is 13.1. The van der Waals surface area contributed by atoms with E-state index in [0.717, 1.165) is 0 Å². The molecular formula is C27H23NO6. The van der Waals surface area contributed by atoms with E-state index in [0.29, 0.717) is 11.3 Å². The van der Waals surface area contributed by atoms with E-state index in [9.17, 15) is 19.2 Å². The number of fused-ring (bicyclic) bond motifs is 2. The summed E-state index contributed by atoms with van der Waals surface area (Å²) in [5, 5.41) is 2.63. The van der Waals surface area contributed by atoms with Crippen LogP contribution in [-0.4, -0.2) is 35.7 Å². The lowest BCUT2D eigenvalue weighted by molar-refractivity contribution is -0.123. The predicted molar refractivity (Wildman–Crippen MR) is 125 cm³/mol. The standard InChI is InChI=1S/C27H23NO6/c1-15(2)33-18-13-11-17(12-14-18)27(32)34-16(3)26(31)28-22-10-6-9-21-23(22)25(30)20-8-5-4-7-19(20)24(21)29/h4-16H,1-3H3,(H,28,31)/t16-/m0/s1. The molecule has 1 atom stereocenters. The summed E-state index contributed by atoms with van der Waals surface area (Å²) in [4.78, 5) is 51.2. The fraction of sp³-hybridized carbons (Fsp3) is 0.185. The topological polar surface area (TPSA) is 98.8 Å². The minimum atomic E-state index is -1.14. The Morgan fingerprint density at radius 1 is 0.765 bits per heavy atom. The average Bonchev–Trinajstić information content (AvgIpc) is 2.82. The molecule has 1 aliphatic carbocycles. The molecule has 0 saturated carbocycles. The van der Waals surface area contributed by atoms with E-state index in [1.54, 1.807) is 60.7 Å². The Morgan fingerprint density at radius 3 is 2.03 bits per heavy atom. The first-order valence-electron chi connectivity index (χ1n) is 10.9. The van der Waals surface area contributed by atoms with Gasteiger partial charge < -0.3 is 14.8 Å². The Hall–Kier alpha value is -4.26. The number of ketones is 2. The molecule has 1 N–H and O–H groups in total. The smallest absolute Gasteiger partial charge is 0.338 e. The van der Waals surface area contributed by atoms with Crippen LogP contribution >= 0.6 is 0 Å². The van der Waals surface area contributed by atoms with E-state index in [2.05, 4.69) is 5.32 Å². The number of nitrogens with one attached hydrogen (secondary N) is 1. The van der Waals surface area contributed by atoms with Gasteiger partial charge >= 0.3 is 5.97 Å². The fourth-order valence-corrected chi connectivity index (χ4v) is 3.71. The highest BCUT2D eigenvalue weighted by molar-refractivity contribution is 6.30. The first-order chi connectivity index (χ1) is 16.3. The number of carbonyl (C=O) groups excluding carboxylic acids is 4. The number of hydrogen-bond donors (Lipinski definition) is 1.